The molecule has 6 nitrogen and oxygen atoms in total. The van der Waals surface area contributed by atoms with Crippen molar-refractivity contribution in [2.45, 2.75) is 26.9 Å². The fraction of sp³-hybridized carbons (Fsp3) is 0.273. The third-order valence-corrected chi connectivity index (χ3v) is 5.55. The smallest absolute Gasteiger partial charge is 0.329 e. The monoisotopic (exact) mass is 540 g/mol. The van der Waals surface area contributed by atoms with Crippen molar-refractivity contribution in [1.29, 1.82) is 0 Å². The molecule has 1 N–H and O–H groups in total. The van der Waals surface area contributed by atoms with E-state index >= 15 is 0 Å². The fourth-order valence-electron chi connectivity index (χ4n) is 3.00. The number of ether oxygens (including phenoxy) is 2. The maximum atomic E-state index is 12.5. The van der Waals surface area contributed by atoms with Crippen molar-refractivity contribution in [3.05, 3.63) is 61.8 Å². The number of carbonyl (C=O) groups is 2. The zero-order valence-corrected chi connectivity index (χ0v) is 19.6. The van der Waals surface area contributed by atoms with Gasteiger partial charge in [-0.3, -0.25) is 9.69 Å². The molecule has 30 heavy (non-hydrogen) atoms. The fourth-order valence-corrected chi connectivity index (χ4v) is 3.98. The van der Waals surface area contributed by atoms with Gasteiger partial charge in [0.05, 0.1) is 10.2 Å². The molecule has 0 spiro atoms. The number of amides is 3. The van der Waals surface area contributed by atoms with Crippen molar-refractivity contribution >= 4 is 52.2 Å². The van der Waals surface area contributed by atoms with Crippen molar-refractivity contribution in [3.8, 4) is 11.5 Å². The molecule has 0 radical (unpaired) electrons. The maximum Gasteiger partial charge on any atom is 0.329 e. The van der Waals surface area contributed by atoms with E-state index in [1.807, 2.05) is 44.2 Å². The minimum atomic E-state index is -0.396. The Hall–Kier alpha value is -2.26. The van der Waals surface area contributed by atoms with Crippen LogP contribution in [0.4, 0.5) is 4.79 Å². The highest BCUT2D eigenvalue weighted by Crippen LogP contribution is 2.36. The van der Waals surface area contributed by atoms with Gasteiger partial charge in [-0.2, -0.15) is 0 Å². The Balaban J connectivity index is 1.87. The summed E-state index contributed by atoms with van der Waals surface area (Å²) >= 11 is 8.39. The average molecular weight is 541 g/mol. The lowest BCUT2D eigenvalue weighted by molar-refractivity contribution is -0.122. The van der Waals surface area contributed by atoms with Crippen molar-refractivity contribution in [1.82, 2.24) is 10.2 Å². The zero-order valence-electron chi connectivity index (χ0n) is 16.7. The third kappa shape index (κ3) is 5.07. The molecule has 8 heteroatoms. The van der Waals surface area contributed by atoms with E-state index in [0.717, 1.165) is 14.7 Å². The van der Waals surface area contributed by atoms with Gasteiger partial charge in [-0.25, -0.2) is 4.79 Å². The summed E-state index contributed by atoms with van der Waals surface area (Å²) < 4.78 is 12.6. The Morgan fingerprint density at radius 1 is 1.17 bits per heavy atom. The van der Waals surface area contributed by atoms with Crippen LogP contribution in [0.2, 0.25) is 5.02 Å². The molecule has 0 saturated carbocycles. The summed E-state index contributed by atoms with van der Waals surface area (Å²) in [5.74, 6) is 0.841. The number of nitrogens with one attached hydrogen (secondary N) is 1. The van der Waals surface area contributed by atoms with Crippen LogP contribution in [-0.2, 0) is 11.4 Å². The lowest BCUT2D eigenvalue weighted by atomic mass is 10.1. The Labute approximate surface area is 194 Å². The lowest BCUT2D eigenvalue weighted by Crippen LogP contribution is -2.31. The number of hydrogen-bond donors (Lipinski definition) is 1. The molecule has 1 aliphatic rings. The van der Waals surface area contributed by atoms with Gasteiger partial charge in [0.1, 0.15) is 12.3 Å². The molecular weight excluding hydrogens is 519 g/mol. The number of benzene rings is 2. The molecule has 0 unspecified atom stereocenters. The summed E-state index contributed by atoms with van der Waals surface area (Å²) in [5.41, 5.74) is 1.85. The summed E-state index contributed by atoms with van der Waals surface area (Å²) in [6.07, 6.45) is 2.36. The molecule has 3 rings (SSSR count). The van der Waals surface area contributed by atoms with E-state index in [2.05, 4.69) is 27.9 Å². The zero-order chi connectivity index (χ0) is 21.7. The molecule has 2 aromatic rings. The summed E-state index contributed by atoms with van der Waals surface area (Å²) in [6, 6.07) is 10.8. The highest BCUT2D eigenvalue weighted by Gasteiger charge is 2.32. The number of rotatable bonds is 8. The minimum Gasteiger partial charge on any atom is -0.490 e. The molecule has 0 aliphatic carbocycles. The second-order valence-electron chi connectivity index (χ2n) is 6.59. The van der Waals surface area contributed by atoms with Gasteiger partial charge in [0, 0.05) is 17.1 Å². The molecule has 1 aliphatic heterocycles. The van der Waals surface area contributed by atoms with Crippen LogP contribution < -0.4 is 14.8 Å². The molecule has 0 atom stereocenters. The van der Waals surface area contributed by atoms with Gasteiger partial charge in [-0.15, -0.1) is 0 Å². The third-order valence-electron chi connectivity index (χ3n) is 4.38. The Morgan fingerprint density at radius 3 is 2.63 bits per heavy atom. The van der Waals surface area contributed by atoms with Crippen LogP contribution >= 0.6 is 34.2 Å². The number of carbonyl (C=O) groups excluding carboxylic acids is 2. The lowest BCUT2D eigenvalue weighted by Gasteiger charge is -2.15. The van der Waals surface area contributed by atoms with Gasteiger partial charge in [-0.1, -0.05) is 36.7 Å². The SMILES string of the molecule is CCCN1C(=O)N/C(=C/c2cc(I)c(OCc3ccccc3Cl)c(OCC)c2)C1=O. The number of urea groups is 1. The van der Waals surface area contributed by atoms with Crippen LogP contribution in [0, 0.1) is 3.57 Å². The Kier molecular flexibility index (Phi) is 7.60. The first-order valence-corrected chi connectivity index (χ1v) is 11.1. The first-order valence-electron chi connectivity index (χ1n) is 9.61. The van der Waals surface area contributed by atoms with E-state index in [9.17, 15) is 9.59 Å². The van der Waals surface area contributed by atoms with E-state index in [1.165, 1.54) is 4.90 Å². The predicted octanol–water partition coefficient (Wildman–Crippen LogP) is 5.23. The standard InChI is InChI=1S/C22H22ClIN2O4/c1-3-9-26-21(27)18(25-22(26)28)11-14-10-17(24)20(19(12-14)29-4-2)30-13-15-7-5-6-8-16(15)23/h5-8,10-12H,3-4,9,13H2,1-2H3,(H,25,28)/b18-11+. The van der Waals surface area contributed by atoms with Crippen LogP contribution in [0.25, 0.3) is 6.08 Å². The van der Waals surface area contributed by atoms with Crippen LogP contribution in [0.3, 0.4) is 0 Å². The first-order chi connectivity index (χ1) is 14.4. The van der Waals surface area contributed by atoms with Gasteiger partial charge in [0.15, 0.2) is 11.5 Å². The van der Waals surface area contributed by atoms with Gasteiger partial charge in [-0.05, 0) is 65.8 Å². The van der Waals surface area contributed by atoms with E-state index in [1.54, 1.807) is 12.1 Å². The molecule has 1 saturated heterocycles. The van der Waals surface area contributed by atoms with E-state index < -0.39 is 6.03 Å². The molecular formula is C22H22ClIN2O4. The Morgan fingerprint density at radius 2 is 1.93 bits per heavy atom. The van der Waals surface area contributed by atoms with Crippen molar-refractivity contribution < 1.29 is 19.1 Å². The summed E-state index contributed by atoms with van der Waals surface area (Å²) in [4.78, 5) is 25.7. The van der Waals surface area contributed by atoms with Gasteiger partial charge in [0.2, 0.25) is 0 Å². The molecule has 158 valence electrons. The average Bonchev–Trinajstić information content (AvgIpc) is 2.96. The van der Waals surface area contributed by atoms with Crippen LogP contribution in [0.1, 0.15) is 31.4 Å². The van der Waals surface area contributed by atoms with Crippen molar-refractivity contribution in [2.75, 3.05) is 13.2 Å². The molecule has 0 aromatic heterocycles. The molecule has 2 aromatic carbocycles. The topological polar surface area (TPSA) is 67.9 Å². The number of hydrogen-bond acceptors (Lipinski definition) is 4. The van der Waals surface area contributed by atoms with Gasteiger partial charge in [0.25, 0.3) is 5.91 Å². The predicted molar refractivity (Wildman–Crippen MR) is 125 cm³/mol. The van der Waals surface area contributed by atoms with Crippen LogP contribution in [-0.4, -0.2) is 30.0 Å². The second kappa shape index (κ2) is 10.2. The van der Waals surface area contributed by atoms with Gasteiger partial charge < -0.3 is 14.8 Å². The van der Waals surface area contributed by atoms with E-state index in [0.29, 0.717) is 42.7 Å². The van der Waals surface area contributed by atoms with Crippen LogP contribution in [0.15, 0.2) is 42.1 Å². The molecule has 1 heterocycles. The highest BCUT2D eigenvalue weighted by atomic mass is 127. The molecule has 3 amide bonds. The number of nitrogens with zero attached hydrogens (tertiary/aromatic N) is 1. The van der Waals surface area contributed by atoms with E-state index in [-0.39, 0.29) is 11.6 Å². The normalized spacial score (nSPS) is 14.9. The highest BCUT2D eigenvalue weighted by molar-refractivity contribution is 14.1. The van der Waals surface area contributed by atoms with Crippen molar-refractivity contribution in [2.24, 2.45) is 0 Å². The summed E-state index contributed by atoms with van der Waals surface area (Å²) in [7, 11) is 0. The first kappa shape index (κ1) is 22.4. The van der Waals surface area contributed by atoms with Crippen LogP contribution in [0.5, 0.6) is 11.5 Å². The number of imide groups is 1. The maximum absolute atomic E-state index is 12.5. The molecule has 1 fully saturated rings. The largest absolute Gasteiger partial charge is 0.490 e. The molecule has 0 bridgehead atoms. The minimum absolute atomic E-state index is 0.247. The Bertz CT molecular complexity index is 993. The summed E-state index contributed by atoms with van der Waals surface area (Å²) in [6.45, 7) is 4.95. The second-order valence-corrected chi connectivity index (χ2v) is 8.16. The van der Waals surface area contributed by atoms with Crippen molar-refractivity contribution in [3.63, 3.8) is 0 Å². The quantitative estimate of drug-likeness (QED) is 0.283. The van der Waals surface area contributed by atoms with Gasteiger partial charge >= 0.3 is 6.03 Å². The van der Waals surface area contributed by atoms with E-state index in [4.69, 9.17) is 21.1 Å². The number of halogens is 2. The summed E-state index contributed by atoms with van der Waals surface area (Å²) in [5, 5.41) is 3.27.